The maximum Gasteiger partial charge on any atom is 0.200 e. The largest absolute Gasteiger partial charge is 0.392 e. The smallest absolute Gasteiger partial charge is 0.200 e. The molecule has 3 nitrogen and oxygen atoms in total. The Kier molecular flexibility index (Phi) is 2.25. The summed E-state index contributed by atoms with van der Waals surface area (Å²) in [6.45, 7) is -0.261. The average Bonchev–Trinajstić information content (AvgIpc) is 2.37. The SMILES string of the molecule is O=S1(=O)C=C(CO)c2cc(Br)ccc21. The number of aliphatic hydroxyl groups excluding tert-OH is 1. The molecule has 0 bridgehead atoms. The molecule has 0 aliphatic carbocycles. The standard InChI is InChI=1S/C9H7BrO3S/c10-7-1-2-9-8(3-7)6(4-11)5-14(9,12)13/h1-3,5,11H,4H2. The Morgan fingerprint density at radius 1 is 1.36 bits per heavy atom. The van der Waals surface area contributed by atoms with Crippen LogP contribution in [0.1, 0.15) is 5.56 Å². The molecule has 0 amide bonds. The second-order valence-corrected chi connectivity index (χ2v) is 5.67. The van der Waals surface area contributed by atoms with Crippen molar-refractivity contribution < 1.29 is 13.5 Å². The van der Waals surface area contributed by atoms with Gasteiger partial charge in [0.15, 0.2) is 0 Å². The van der Waals surface area contributed by atoms with Crippen molar-refractivity contribution >= 4 is 31.3 Å². The first kappa shape index (κ1) is 9.89. The molecule has 0 unspecified atom stereocenters. The van der Waals surface area contributed by atoms with Crippen LogP contribution in [-0.4, -0.2) is 20.1 Å². The Morgan fingerprint density at radius 2 is 2.07 bits per heavy atom. The molecule has 0 fully saturated rings. The number of fused-ring (bicyclic) bond motifs is 1. The first-order chi connectivity index (χ1) is 6.54. The van der Waals surface area contributed by atoms with Gasteiger partial charge in [0.05, 0.1) is 11.5 Å². The number of halogens is 1. The van der Waals surface area contributed by atoms with Gasteiger partial charge in [-0.25, -0.2) is 8.42 Å². The van der Waals surface area contributed by atoms with Crippen LogP contribution in [0.15, 0.2) is 33.0 Å². The van der Waals surface area contributed by atoms with Crippen LogP contribution in [0.2, 0.25) is 0 Å². The lowest BCUT2D eigenvalue weighted by Gasteiger charge is -2.01. The summed E-state index contributed by atoms with van der Waals surface area (Å²) in [4.78, 5) is 0.268. The summed E-state index contributed by atoms with van der Waals surface area (Å²) in [6.07, 6.45) is 0. The molecular formula is C9H7BrO3S. The number of hydrogen-bond donors (Lipinski definition) is 1. The van der Waals surface area contributed by atoms with Gasteiger partial charge in [-0.1, -0.05) is 15.9 Å². The summed E-state index contributed by atoms with van der Waals surface area (Å²) in [5.41, 5.74) is 1.03. The molecule has 1 aliphatic rings. The maximum atomic E-state index is 11.5. The van der Waals surface area contributed by atoms with E-state index in [4.69, 9.17) is 5.11 Å². The van der Waals surface area contributed by atoms with Crippen molar-refractivity contribution in [2.45, 2.75) is 4.90 Å². The van der Waals surface area contributed by atoms with Gasteiger partial charge in [-0.05, 0) is 23.8 Å². The van der Waals surface area contributed by atoms with Crippen LogP contribution in [0.3, 0.4) is 0 Å². The molecule has 14 heavy (non-hydrogen) atoms. The number of hydrogen-bond acceptors (Lipinski definition) is 3. The topological polar surface area (TPSA) is 54.4 Å². The fourth-order valence-electron chi connectivity index (χ4n) is 1.44. The molecule has 1 aliphatic heterocycles. The molecule has 0 spiro atoms. The van der Waals surface area contributed by atoms with E-state index in [2.05, 4.69) is 15.9 Å². The van der Waals surface area contributed by atoms with Gasteiger partial charge < -0.3 is 5.11 Å². The van der Waals surface area contributed by atoms with Crippen LogP contribution in [-0.2, 0) is 9.84 Å². The monoisotopic (exact) mass is 274 g/mol. The lowest BCUT2D eigenvalue weighted by molar-refractivity contribution is 0.350. The van der Waals surface area contributed by atoms with Gasteiger partial charge in [-0.3, -0.25) is 0 Å². The first-order valence-corrected chi connectivity index (χ1v) is 6.25. The molecule has 5 heteroatoms. The van der Waals surface area contributed by atoms with E-state index in [1.54, 1.807) is 12.1 Å². The molecule has 0 atom stereocenters. The van der Waals surface area contributed by atoms with Gasteiger partial charge in [0.2, 0.25) is 9.84 Å². The zero-order valence-corrected chi connectivity index (χ0v) is 9.47. The molecule has 0 radical (unpaired) electrons. The van der Waals surface area contributed by atoms with Crippen molar-refractivity contribution in [2.75, 3.05) is 6.61 Å². The number of benzene rings is 1. The Balaban J connectivity index is 2.75. The van der Waals surface area contributed by atoms with Crippen LogP contribution in [0.5, 0.6) is 0 Å². The molecule has 1 aromatic rings. The Labute approximate surface area is 90.1 Å². The van der Waals surface area contributed by atoms with Crippen molar-refractivity contribution in [3.63, 3.8) is 0 Å². The van der Waals surface area contributed by atoms with E-state index in [-0.39, 0.29) is 11.5 Å². The van der Waals surface area contributed by atoms with Crippen molar-refractivity contribution in [3.8, 4) is 0 Å². The van der Waals surface area contributed by atoms with Gasteiger partial charge >= 0.3 is 0 Å². The minimum Gasteiger partial charge on any atom is -0.392 e. The van der Waals surface area contributed by atoms with Gasteiger partial charge in [0.25, 0.3) is 0 Å². The number of rotatable bonds is 1. The van der Waals surface area contributed by atoms with E-state index in [9.17, 15) is 8.42 Å². The van der Waals surface area contributed by atoms with Crippen LogP contribution in [0.4, 0.5) is 0 Å². The summed E-state index contributed by atoms with van der Waals surface area (Å²) in [5.74, 6) is 0. The van der Waals surface area contributed by atoms with Crippen LogP contribution >= 0.6 is 15.9 Å². The molecule has 74 valence electrons. The third kappa shape index (κ3) is 1.41. The van der Waals surface area contributed by atoms with E-state index in [1.165, 1.54) is 6.07 Å². The van der Waals surface area contributed by atoms with Gasteiger partial charge in [0.1, 0.15) is 0 Å². The zero-order chi connectivity index (χ0) is 10.3. The quantitative estimate of drug-likeness (QED) is 0.846. The van der Waals surface area contributed by atoms with E-state index in [0.717, 1.165) is 9.88 Å². The predicted molar refractivity (Wildman–Crippen MR) is 56.4 cm³/mol. The Hall–Kier alpha value is -0.650. The summed E-state index contributed by atoms with van der Waals surface area (Å²) in [6, 6.07) is 4.90. The third-order valence-electron chi connectivity index (χ3n) is 2.06. The van der Waals surface area contributed by atoms with Crippen molar-refractivity contribution in [1.29, 1.82) is 0 Å². The van der Waals surface area contributed by atoms with E-state index in [0.29, 0.717) is 11.1 Å². The molecular weight excluding hydrogens is 268 g/mol. The normalized spacial score (nSPS) is 17.7. The fraction of sp³-hybridized carbons (Fsp3) is 0.111. The van der Waals surface area contributed by atoms with Crippen molar-refractivity contribution in [3.05, 3.63) is 33.6 Å². The van der Waals surface area contributed by atoms with Crippen molar-refractivity contribution in [2.24, 2.45) is 0 Å². The average molecular weight is 275 g/mol. The minimum atomic E-state index is -3.33. The van der Waals surface area contributed by atoms with E-state index >= 15 is 0 Å². The second kappa shape index (κ2) is 3.18. The number of sulfone groups is 1. The molecule has 1 aromatic carbocycles. The maximum absolute atomic E-state index is 11.5. The lowest BCUT2D eigenvalue weighted by Crippen LogP contribution is -1.92. The highest BCUT2D eigenvalue weighted by Crippen LogP contribution is 2.34. The Bertz CT molecular complexity index is 517. The highest BCUT2D eigenvalue weighted by molar-refractivity contribution is 9.10. The fourth-order valence-corrected chi connectivity index (χ4v) is 3.26. The Morgan fingerprint density at radius 3 is 2.71 bits per heavy atom. The molecule has 0 aromatic heterocycles. The summed E-state index contributed by atoms with van der Waals surface area (Å²) in [5, 5.41) is 10.1. The lowest BCUT2D eigenvalue weighted by atomic mass is 10.1. The van der Waals surface area contributed by atoms with Gasteiger partial charge in [-0.2, -0.15) is 0 Å². The molecule has 1 heterocycles. The highest BCUT2D eigenvalue weighted by atomic mass is 79.9. The highest BCUT2D eigenvalue weighted by Gasteiger charge is 2.26. The van der Waals surface area contributed by atoms with Crippen LogP contribution < -0.4 is 0 Å². The third-order valence-corrected chi connectivity index (χ3v) is 4.12. The van der Waals surface area contributed by atoms with Crippen molar-refractivity contribution in [1.82, 2.24) is 0 Å². The first-order valence-electron chi connectivity index (χ1n) is 3.91. The van der Waals surface area contributed by atoms with Crippen LogP contribution in [0.25, 0.3) is 5.57 Å². The number of aliphatic hydroxyl groups is 1. The second-order valence-electron chi connectivity index (χ2n) is 2.99. The molecule has 2 rings (SSSR count). The summed E-state index contributed by atoms with van der Waals surface area (Å²) >= 11 is 3.26. The summed E-state index contributed by atoms with van der Waals surface area (Å²) in [7, 11) is -3.33. The van der Waals surface area contributed by atoms with Crippen LogP contribution in [0, 0.1) is 0 Å². The molecule has 0 saturated carbocycles. The zero-order valence-electron chi connectivity index (χ0n) is 7.07. The van der Waals surface area contributed by atoms with E-state index in [1.807, 2.05) is 0 Å². The van der Waals surface area contributed by atoms with Gasteiger partial charge in [0, 0.05) is 15.4 Å². The summed E-state index contributed by atoms with van der Waals surface area (Å²) < 4.78 is 23.9. The minimum absolute atomic E-state index is 0.261. The van der Waals surface area contributed by atoms with Gasteiger partial charge in [-0.15, -0.1) is 0 Å². The predicted octanol–water partition coefficient (Wildman–Crippen LogP) is 1.57. The molecule has 0 saturated heterocycles. The van der Waals surface area contributed by atoms with E-state index < -0.39 is 9.84 Å². The molecule has 1 N–H and O–H groups in total.